The Balaban J connectivity index is 1.70. The first-order chi connectivity index (χ1) is 6.79. The summed E-state index contributed by atoms with van der Waals surface area (Å²) < 4.78 is 0. The van der Waals surface area contributed by atoms with Crippen LogP contribution < -0.4 is 0 Å². The number of nitrogens with zero attached hydrogens (tertiary/aromatic N) is 3. The van der Waals surface area contributed by atoms with E-state index in [1.807, 2.05) is 6.92 Å². The van der Waals surface area contributed by atoms with E-state index < -0.39 is 0 Å². The molecule has 0 radical (unpaired) electrons. The normalized spacial score (nSPS) is 27.1. The molecule has 78 valence electrons. The first-order valence-corrected chi connectivity index (χ1v) is 5.65. The third-order valence-corrected chi connectivity index (χ3v) is 3.22. The van der Waals surface area contributed by atoms with Crippen LogP contribution in [0.3, 0.4) is 0 Å². The second-order valence-corrected chi connectivity index (χ2v) is 4.60. The van der Waals surface area contributed by atoms with Crippen molar-refractivity contribution in [3.63, 3.8) is 0 Å². The fourth-order valence-corrected chi connectivity index (χ4v) is 2.18. The molecule has 2 rings (SSSR count). The van der Waals surface area contributed by atoms with Crippen molar-refractivity contribution in [1.29, 1.82) is 5.26 Å². The van der Waals surface area contributed by atoms with Gasteiger partial charge in [0.2, 0.25) is 0 Å². The second kappa shape index (κ2) is 4.29. The Morgan fingerprint density at radius 2 is 1.93 bits per heavy atom. The molecule has 1 atom stereocenters. The van der Waals surface area contributed by atoms with Crippen molar-refractivity contribution in [2.24, 2.45) is 5.92 Å². The van der Waals surface area contributed by atoms with Gasteiger partial charge in [0.15, 0.2) is 0 Å². The third kappa shape index (κ3) is 2.46. The molecule has 1 unspecified atom stereocenters. The average molecular weight is 193 g/mol. The summed E-state index contributed by atoms with van der Waals surface area (Å²) in [4.78, 5) is 5.03. The summed E-state index contributed by atoms with van der Waals surface area (Å²) in [5, 5.41) is 8.73. The number of hydrogen-bond acceptors (Lipinski definition) is 3. The minimum Gasteiger partial charge on any atom is -0.300 e. The molecule has 1 aliphatic heterocycles. The molecule has 1 saturated carbocycles. The van der Waals surface area contributed by atoms with E-state index in [0.29, 0.717) is 0 Å². The molecule has 3 heteroatoms. The molecule has 0 spiro atoms. The Kier molecular flexibility index (Phi) is 3.05. The number of piperazine rings is 1. The summed E-state index contributed by atoms with van der Waals surface area (Å²) in [5.74, 6) is 0.183. The van der Waals surface area contributed by atoms with Gasteiger partial charge in [0, 0.05) is 38.8 Å². The van der Waals surface area contributed by atoms with Gasteiger partial charge in [0.1, 0.15) is 0 Å². The van der Waals surface area contributed by atoms with Gasteiger partial charge in [0.25, 0.3) is 0 Å². The minimum atomic E-state index is 0.183. The van der Waals surface area contributed by atoms with E-state index in [4.69, 9.17) is 5.26 Å². The molecule has 0 aromatic carbocycles. The standard InChI is InChI=1S/C11H19N3/c1-10(8-12)9-13-4-6-14(7-5-13)11-2-3-11/h10-11H,2-7,9H2,1H3. The quantitative estimate of drug-likeness (QED) is 0.668. The molecule has 14 heavy (non-hydrogen) atoms. The van der Waals surface area contributed by atoms with E-state index in [0.717, 1.165) is 25.7 Å². The van der Waals surface area contributed by atoms with Crippen LogP contribution in [0.4, 0.5) is 0 Å². The number of rotatable bonds is 3. The van der Waals surface area contributed by atoms with Crippen molar-refractivity contribution in [3.05, 3.63) is 0 Å². The summed E-state index contributed by atoms with van der Waals surface area (Å²) in [6, 6.07) is 3.21. The zero-order valence-electron chi connectivity index (χ0n) is 8.95. The lowest BCUT2D eigenvalue weighted by Crippen LogP contribution is -2.48. The van der Waals surface area contributed by atoms with Crippen molar-refractivity contribution >= 4 is 0 Å². The number of hydrogen-bond donors (Lipinski definition) is 0. The summed E-state index contributed by atoms with van der Waals surface area (Å²) in [5.41, 5.74) is 0. The van der Waals surface area contributed by atoms with Crippen molar-refractivity contribution < 1.29 is 0 Å². The van der Waals surface area contributed by atoms with Gasteiger partial charge in [-0.3, -0.25) is 9.80 Å². The van der Waals surface area contributed by atoms with Crippen molar-refractivity contribution in [2.75, 3.05) is 32.7 Å². The van der Waals surface area contributed by atoms with Gasteiger partial charge in [-0.25, -0.2) is 0 Å². The summed E-state index contributed by atoms with van der Waals surface area (Å²) >= 11 is 0. The van der Waals surface area contributed by atoms with Crippen LogP contribution in [0.2, 0.25) is 0 Å². The zero-order chi connectivity index (χ0) is 9.97. The molecule has 1 saturated heterocycles. The Bertz CT molecular complexity index is 221. The van der Waals surface area contributed by atoms with E-state index in [2.05, 4.69) is 15.9 Å². The molecule has 0 amide bonds. The SMILES string of the molecule is CC(C#N)CN1CCN(C2CC2)CC1. The van der Waals surface area contributed by atoms with Gasteiger partial charge in [-0.05, 0) is 19.8 Å². The Hall–Kier alpha value is -0.590. The van der Waals surface area contributed by atoms with E-state index in [1.54, 1.807) is 0 Å². The molecule has 2 fully saturated rings. The van der Waals surface area contributed by atoms with Crippen LogP contribution >= 0.6 is 0 Å². The Morgan fingerprint density at radius 1 is 1.29 bits per heavy atom. The lowest BCUT2D eigenvalue weighted by molar-refractivity contribution is 0.120. The highest BCUT2D eigenvalue weighted by Crippen LogP contribution is 2.27. The van der Waals surface area contributed by atoms with E-state index in [1.165, 1.54) is 25.9 Å². The van der Waals surface area contributed by atoms with Crippen LogP contribution in [-0.2, 0) is 0 Å². The molecular formula is C11H19N3. The van der Waals surface area contributed by atoms with Crippen LogP contribution in [0, 0.1) is 17.2 Å². The Labute approximate surface area is 86.3 Å². The summed E-state index contributed by atoms with van der Waals surface area (Å²) in [6.45, 7) is 7.69. The van der Waals surface area contributed by atoms with Gasteiger partial charge >= 0.3 is 0 Å². The van der Waals surface area contributed by atoms with Gasteiger partial charge in [-0.1, -0.05) is 0 Å². The van der Waals surface area contributed by atoms with Gasteiger partial charge in [-0.15, -0.1) is 0 Å². The molecule has 0 N–H and O–H groups in total. The van der Waals surface area contributed by atoms with Crippen LogP contribution in [0.5, 0.6) is 0 Å². The molecule has 3 nitrogen and oxygen atoms in total. The smallest absolute Gasteiger partial charge is 0.0666 e. The van der Waals surface area contributed by atoms with Gasteiger partial charge in [0.05, 0.1) is 12.0 Å². The van der Waals surface area contributed by atoms with Crippen LogP contribution in [0.15, 0.2) is 0 Å². The topological polar surface area (TPSA) is 30.3 Å². The highest BCUT2D eigenvalue weighted by molar-refractivity contribution is 4.89. The van der Waals surface area contributed by atoms with Crippen LogP contribution in [0.1, 0.15) is 19.8 Å². The summed E-state index contributed by atoms with van der Waals surface area (Å²) in [6.07, 6.45) is 2.82. The third-order valence-electron chi connectivity index (χ3n) is 3.22. The molecule has 0 aromatic rings. The zero-order valence-corrected chi connectivity index (χ0v) is 8.95. The predicted octanol–water partition coefficient (Wildman–Crippen LogP) is 0.926. The minimum absolute atomic E-state index is 0.183. The molecule has 1 aliphatic carbocycles. The maximum absolute atomic E-state index is 8.73. The van der Waals surface area contributed by atoms with E-state index in [9.17, 15) is 0 Å². The highest BCUT2D eigenvalue weighted by Gasteiger charge is 2.31. The molecule has 2 aliphatic rings. The predicted molar refractivity (Wildman–Crippen MR) is 55.8 cm³/mol. The fraction of sp³-hybridized carbons (Fsp3) is 0.909. The van der Waals surface area contributed by atoms with E-state index in [-0.39, 0.29) is 5.92 Å². The van der Waals surface area contributed by atoms with Gasteiger partial charge in [-0.2, -0.15) is 5.26 Å². The second-order valence-electron chi connectivity index (χ2n) is 4.60. The van der Waals surface area contributed by atoms with Crippen LogP contribution in [0.25, 0.3) is 0 Å². The van der Waals surface area contributed by atoms with Crippen molar-refractivity contribution in [3.8, 4) is 6.07 Å². The first-order valence-electron chi connectivity index (χ1n) is 5.65. The first kappa shape index (κ1) is 9.95. The largest absolute Gasteiger partial charge is 0.300 e. The molecular weight excluding hydrogens is 174 g/mol. The fourth-order valence-electron chi connectivity index (χ4n) is 2.18. The lowest BCUT2D eigenvalue weighted by Gasteiger charge is -2.35. The van der Waals surface area contributed by atoms with Gasteiger partial charge < -0.3 is 0 Å². The maximum atomic E-state index is 8.73. The van der Waals surface area contributed by atoms with E-state index >= 15 is 0 Å². The summed E-state index contributed by atoms with van der Waals surface area (Å²) in [7, 11) is 0. The average Bonchev–Trinajstić information content (AvgIpc) is 3.02. The Morgan fingerprint density at radius 3 is 2.43 bits per heavy atom. The van der Waals surface area contributed by atoms with Crippen molar-refractivity contribution in [1.82, 2.24) is 9.80 Å². The number of nitriles is 1. The van der Waals surface area contributed by atoms with Crippen LogP contribution in [-0.4, -0.2) is 48.6 Å². The highest BCUT2D eigenvalue weighted by atomic mass is 15.3. The molecule has 1 heterocycles. The monoisotopic (exact) mass is 193 g/mol. The van der Waals surface area contributed by atoms with Crippen molar-refractivity contribution in [2.45, 2.75) is 25.8 Å². The molecule has 0 bridgehead atoms. The maximum Gasteiger partial charge on any atom is 0.0666 e. The lowest BCUT2D eigenvalue weighted by atomic mass is 10.2. The molecule has 0 aromatic heterocycles.